The number of Topliss-reactive ketones (excluding diaryl/α,β-unsaturated/α-hetero) is 1. The van der Waals surface area contributed by atoms with Crippen molar-refractivity contribution in [3.8, 4) is 0 Å². The average molecular weight is 388 g/mol. The zero-order valence-electron chi connectivity index (χ0n) is 14.9. The fourth-order valence-corrected chi connectivity index (χ4v) is 3.85. The number of carbonyl (C=O) groups is 2. The van der Waals surface area contributed by atoms with Crippen LogP contribution in [0.15, 0.2) is 35.7 Å². The number of nitrogens with zero attached hydrogens (tertiary/aromatic N) is 2. The van der Waals surface area contributed by atoms with Gasteiger partial charge in [0.1, 0.15) is 5.69 Å². The number of esters is 1. The van der Waals surface area contributed by atoms with Gasteiger partial charge in [-0.2, -0.15) is 0 Å². The summed E-state index contributed by atoms with van der Waals surface area (Å²) in [5.41, 5.74) is 0.454. The van der Waals surface area contributed by atoms with Crippen LogP contribution < -0.4 is 4.90 Å². The van der Waals surface area contributed by atoms with Gasteiger partial charge in [-0.05, 0) is 42.3 Å². The topological polar surface area (TPSA) is 89.8 Å². The van der Waals surface area contributed by atoms with E-state index in [0.29, 0.717) is 16.5 Å². The van der Waals surface area contributed by atoms with E-state index in [-0.39, 0.29) is 17.0 Å². The number of piperidine rings is 1. The molecule has 0 aliphatic carbocycles. The van der Waals surface area contributed by atoms with Gasteiger partial charge in [-0.3, -0.25) is 14.9 Å². The smallest absolute Gasteiger partial charge is 0.338 e. The molecule has 27 heavy (non-hydrogen) atoms. The maximum Gasteiger partial charge on any atom is 0.338 e. The van der Waals surface area contributed by atoms with Gasteiger partial charge in [-0.25, -0.2) is 4.79 Å². The Morgan fingerprint density at radius 3 is 2.85 bits per heavy atom. The Morgan fingerprint density at radius 2 is 2.19 bits per heavy atom. The molecule has 0 saturated carbocycles. The van der Waals surface area contributed by atoms with Crippen molar-refractivity contribution >= 4 is 34.5 Å². The molecule has 2 aromatic rings. The van der Waals surface area contributed by atoms with Crippen molar-refractivity contribution in [3.63, 3.8) is 0 Å². The molecule has 0 unspecified atom stereocenters. The summed E-state index contributed by atoms with van der Waals surface area (Å²) in [6, 6.07) is 7.73. The average Bonchev–Trinajstić information content (AvgIpc) is 3.20. The van der Waals surface area contributed by atoms with E-state index in [1.54, 1.807) is 23.6 Å². The van der Waals surface area contributed by atoms with Crippen LogP contribution >= 0.6 is 11.3 Å². The van der Waals surface area contributed by atoms with Crippen LogP contribution in [-0.2, 0) is 4.74 Å². The molecule has 0 amide bonds. The highest BCUT2D eigenvalue weighted by atomic mass is 32.1. The molecule has 1 fully saturated rings. The van der Waals surface area contributed by atoms with E-state index in [1.807, 2.05) is 4.90 Å². The maximum atomic E-state index is 12.2. The standard InChI is InChI=1S/C19H20N2O5S/c1-13-4-2-8-20(11-13)15-7-6-14(10-16(15)21(24)25)19(23)26-12-17(22)18-5-3-9-27-18/h3,5-7,9-10,13H,2,4,8,11-12H2,1H3/t13-/m0/s1. The summed E-state index contributed by atoms with van der Waals surface area (Å²) in [5, 5.41) is 13.3. The van der Waals surface area contributed by atoms with Crippen LogP contribution in [-0.4, -0.2) is 36.4 Å². The Labute approximate surface area is 160 Å². The van der Waals surface area contributed by atoms with Crippen molar-refractivity contribution in [3.05, 3.63) is 56.3 Å². The maximum absolute atomic E-state index is 12.2. The Hall–Kier alpha value is -2.74. The number of hydrogen-bond donors (Lipinski definition) is 0. The second-order valence-electron chi connectivity index (χ2n) is 6.63. The Balaban J connectivity index is 1.74. The number of ether oxygens (including phenoxy) is 1. The number of hydrogen-bond acceptors (Lipinski definition) is 7. The number of benzene rings is 1. The lowest BCUT2D eigenvalue weighted by Crippen LogP contribution is -2.34. The third-order valence-corrected chi connectivity index (χ3v) is 5.45. The molecule has 0 N–H and O–H groups in total. The van der Waals surface area contributed by atoms with Crippen molar-refractivity contribution in [2.75, 3.05) is 24.6 Å². The van der Waals surface area contributed by atoms with Gasteiger partial charge in [0, 0.05) is 19.2 Å². The molecule has 142 valence electrons. The highest BCUT2D eigenvalue weighted by Crippen LogP contribution is 2.32. The Kier molecular flexibility index (Phi) is 5.85. The largest absolute Gasteiger partial charge is 0.454 e. The lowest BCUT2D eigenvalue weighted by atomic mass is 9.99. The van der Waals surface area contributed by atoms with Gasteiger partial charge in [0.05, 0.1) is 15.4 Å². The van der Waals surface area contributed by atoms with E-state index in [9.17, 15) is 19.7 Å². The molecule has 0 radical (unpaired) electrons. The van der Waals surface area contributed by atoms with E-state index >= 15 is 0 Å². The summed E-state index contributed by atoms with van der Waals surface area (Å²) < 4.78 is 5.03. The second-order valence-corrected chi connectivity index (χ2v) is 7.58. The van der Waals surface area contributed by atoms with Gasteiger partial charge in [0.2, 0.25) is 5.78 Å². The zero-order valence-corrected chi connectivity index (χ0v) is 15.7. The van der Waals surface area contributed by atoms with Crippen molar-refractivity contribution in [1.29, 1.82) is 0 Å². The number of ketones is 1. The second kappa shape index (κ2) is 8.30. The summed E-state index contributed by atoms with van der Waals surface area (Å²) >= 11 is 1.27. The number of carbonyl (C=O) groups excluding carboxylic acids is 2. The first kappa shape index (κ1) is 19.0. The zero-order chi connectivity index (χ0) is 19.4. The van der Waals surface area contributed by atoms with Crippen molar-refractivity contribution < 1.29 is 19.2 Å². The molecule has 3 rings (SSSR count). The lowest BCUT2D eigenvalue weighted by Gasteiger charge is -2.32. The van der Waals surface area contributed by atoms with Gasteiger partial charge in [-0.15, -0.1) is 11.3 Å². The monoisotopic (exact) mass is 388 g/mol. The van der Waals surface area contributed by atoms with E-state index < -0.39 is 17.5 Å². The van der Waals surface area contributed by atoms with Crippen molar-refractivity contribution in [2.45, 2.75) is 19.8 Å². The highest BCUT2D eigenvalue weighted by Gasteiger charge is 2.25. The summed E-state index contributed by atoms with van der Waals surface area (Å²) in [7, 11) is 0. The normalized spacial score (nSPS) is 16.8. The third-order valence-electron chi connectivity index (χ3n) is 4.54. The summed E-state index contributed by atoms with van der Waals surface area (Å²) in [6.45, 7) is 3.23. The van der Waals surface area contributed by atoms with Crippen LogP contribution in [0.4, 0.5) is 11.4 Å². The first-order valence-electron chi connectivity index (χ1n) is 8.73. The molecule has 1 atom stereocenters. The fourth-order valence-electron chi connectivity index (χ4n) is 3.20. The molecule has 1 aliphatic heterocycles. The predicted octanol–water partition coefficient (Wildman–Crippen LogP) is 3.93. The third kappa shape index (κ3) is 4.51. The van der Waals surface area contributed by atoms with E-state index in [0.717, 1.165) is 25.9 Å². The fraction of sp³-hybridized carbons (Fsp3) is 0.368. The van der Waals surface area contributed by atoms with Gasteiger partial charge in [0.25, 0.3) is 5.69 Å². The summed E-state index contributed by atoms with van der Waals surface area (Å²) in [5.74, 6) is -0.584. The first-order chi connectivity index (χ1) is 13.0. The SMILES string of the molecule is C[C@H]1CCCN(c2ccc(C(=O)OCC(=O)c3cccs3)cc2[N+](=O)[O-])C1. The molecule has 1 aliphatic rings. The molecular weight excluding hydrogens is 368 g/mol. The molecular formula is C19H20N2O5S. The van der Waals surface area contributed by atoms with Gasteiger partial charge in [0.15, 0.2) is 6.61 Å². The van der Waals surface area contributed by atoms with Crippen molar-refractivity contribution in [2.24, 2.45) is 5.92 Å². The minimum atomic E-state index is -0.749. The Morgan fingerprint density at radius 1 is 1.37 bits per heavy atom. The van der Waals surface area contributed by atoms with Gasteiger partial charge in [-0.1, -0.05) is 13.0 Å². The molecule has 8 heteroatoms. The van der Waals surface area contributed by atoms with E-state index in [4.69, 9.17) is 4.74 Å². The quantitative estimate of drug-likeness (QED) is 0.322. The first-order valence-corrected chi connectivity index (χ1v) is 9.61. The number of anilines is 1. The van der Waals surface area contributed by atoms with Crippen LogP contribution in [0, 0.1) is 16.0 Å². The number of nitro groups is 1. The summed E-state index contributed by atoms with van der Waals surface area (Å²) in [6.07, 6.45) is 2.08. The summed E-state index contributed by atoms with van der Waals surface area (Å²) in [4.78, 5) is 37.7. The van der Waals surface area contributed by atoms with Crippen LogP contribution in [0.1, 0.15) is 39.8 Å². The van der Waals surface area contributed by atoms with Gasteiger partial charge < -0.3 is 9.64 Å². The van der Waals surface area contributed by atoms with E-state index in [2.05, 4.69) is 6.92 Å². The molecule has 1 aromatic carbocycles. The Bertz CT molecular complexity index is 850. The van der Waals surface area contributed by atoms with E-state index in [1.165, 1.54) is 23.5 Å². The molecule has 0 bridgehead atoms. The number of rotatable bonds is 6. The highest BCUT2D eigenvalue weighted by molar-refractivity contribution is 7.12. The molecule has 2 heterocycles. The minimum absolute atomic E-state index is 0.0643. The van der Waals surface area contributed by atoms with Crippen molar-refractivity contribution in [1.82, 2.24) is 0 Å². The minimum Gasteiger partial charge on any atom is -0.454 e. The number of thiophene rings is 1. The van der Waals surface area contributed by atoms with Crippen LogP contribution in [0.25, 0.3) is 0 Å². The molecule has 1 aromatic heterocycles. The van der Waals surface area contributed by atoms with Crippen LogP contribution in [0.5, 0.6) is 0 Å². The van der Waals surface area contributed by atoms with Gasteiger partial charge >= 0.3 is 5.97 Å². The van der Waals surface area contributed by atoms with Crippen LogP contribution in [0.3, 0.4) is 0 Å². The molecule has 1 saturated heterocycles. The lowest BCUT2D eigenvalue weighted by molar-refractivity contribution is -0.384. The number of nitro benzene ring substituents is 1. The van der Waals surface area contributed by atoms with Crippen LogP contribution in [0.2, 0.25) is 0 Å². The predicted molar refractivity (Wildman–Crippen MR) is 103 cm³/mol. The molecule has 7 nitrogen and oxygen atoms in total. The molecule has 0 spiro atoms.